The monoisotopic (exact) mass is 178 g/mol. The second kappa shape index (κ2) is 2.98. The Bertz CT molecular complexity index is 337. The molecule has 0 unspecified atom stereocenters. The van der Waals surface area contributed by atoms with Gasteiger partial charge < -0.3 is 0 Å². The van der Waals surface area contributed by atoms with E-state index in [0.717, 1.165) is 17.9 Å². The molecular formula is C10H14N2O. The molecule has 13 heavy (non-hydrogen) atoms. The number of hydrogen-bond acceptors (Lipinski definition) is 2. The van der Waals surface area contributed by atoms with E-state index in [1.165, 1.54) is 12.8 Å². The van der Waals surface area contributed by atoms with Crippen LogP contribution in [0.2, 0.25) is 0 Å². The van der Waals surface area contributed by atoms with Crippen molar-refractivity contribution in [1.29, 1.82) is 0 Å². The third-order valence-electron chi connectivity index (χ3n) is 2.45. The van der Waals surface area contributed by atoms with Crippen LogP contribution in [0.4, 0.5) is 0 Å². The molecule has 0 saturated heterocycles. The Morgan fingerprint density at radius 3 is 2.77 bits per heavy atom. The van der Waals surface area contributed by atoms with E-state index in [1.807, 2.05) is 13.0 Å². The fourth-order valence-corrected chi connectivity index (χ4v) is 1.54. The summed E-state index contributed by atoms with van der Waals surface area (Å²) in [4.78, 5) is 11.2. The molecule has 1 heterocycles. The van der Waals surface area contributed by atoms with E-state index in [1.54, 1.807) is 11.6 Å². The molecule has 0 N–H and O–H groups in total. The van der Waals surface area contributed by atoms with Crippen molar-refractivity contribution in [2.45, 2.75) is 39.2 Å². The molecule has 3 heteroatoms. The smallest absolute Gasteiger partial charge is 0.177 e. The Labute approximate surface area is 77.7 Å². The first-order valence-electron chi connectivity index (χ1n) is 4.81. The van der Waals surface area contributed by atoms with Gasteiger partial charge in [-0.05, 0) is 25.8 Å². The lowest BCUT2D eigenvalue weighted by molar-refractivity contribution is 0.100. The van der Waals surface area contributed by atoms with Crippen LogP contribution in [0.3, 0.4) is 0 Å². The van der Waals surface area contributed by atoms with Gasteiger partial charge in [-0.1, -0.05) is 0 Å². The lowest BCUT2D eigenvalue weighted by Gasteiger charge is -1.98. The van der Waals surface area contributed by atoms with Crippen molar-refractivity contribution in [3.63, 3.8) is 0 Å². The van der Waals surface area contributed by atoms with E-state index in [-0.39, 0.29) is 5.78 Å². The summed E-state index contributed by atoms with van der Waals surface area (Å²) in [5.74, 6) is 0.743. The highest BCUT2D eigenvalue weighted by molar-refractivity contribution is 5.92. The number of rotatable bonds is 3. The molecule has 0 radical (unpaired) electrons. The zero-order valence-corrected chi connectivity index (χ0v) is 8.08. The molecule has 0 spiro atoms. The molecule has 0 bridgehead atoms. The lowest BCUT2D eigenvalue weighted by atomic mass is 10.2. The molecule has 1 aromatic rings. The van der Waals surface area contributed by atoms with Crippen molar-refractivity contribution in [3.05, 3.63) is 17.5 Å². The SMILES string of the molecule is CCn1nc(C2CC2)cc1C(C)=O. The summed E-state index contributed by atoms with van der Waals surface area (Å²) in [7, 11) is 0. The van der Waals surface area contributed by atoms with Gasteiger partial charge in [0.2, 0.25) is 0 Å². The predicted molar refractivity (Wildman–Crippen MR) is 49.9 cm³/mol. The number of aryl methyl sites for hydroxylation is 1. The standard InChI is InChI=1S/C10H14N2O/c1-3-12-10(7(2)13)6-9(11-12)8-4-5-8/h6,8H,3-5H2,1-2H3. The van der Waals surface area contributed by atoms with E-state index in [0.29, 0.717) is 5.92 Å². The predicted octanol–water partition coefficient (Wildman–Crippen LogP) is 1.98. The van der Waals surface area contributed by atoms with Crippen LogP contribution in [-0.4, -0.2) is 15.6 Å². The topological polar surface area (TPSA) is 34.9 Å². The number of ketones is 1. The van der Waals surface area contributed by atoms with Crippen molar-refractivity contribution in [2.24, 2.45) is 0 Å². The zero-order valence-electron chi connectivity index (χ0n) is 8.08. The van der Waals surface area contributed by atoms with Crippen LogP contribution in [0.15, 0.2) is 6.07 Å². The fourth-order valence-electron chi connectivity index (χ4n) is 1.54. The average molecular weight is 178 g/mol. The van der Waals surface area contributed by atoms with Gasteiger partial charge in [0.1, 0.15) is 5.69 Å². The molecule has 2 rings (SSSR count). The van der Waals surface area contributed by atoms with Crippen LogP contribution in [-0.2, 0) is 6.54 Å². The van der Waals surface area contributed by atoms with Gasteiger partial charge in [0.05, 0.1) is 5.69 Å². The van der Waals surface area contributed by atoms with E-state index < -0.39 is 0 Å². The highest BCUT2D eigenvalue weighted by atomic mass is 16.1. The van der Waals surface area contributed by atoms with Crippen LogP contribution in [0, 0.1) is 0 Å². The van der Waals surface area contributed by atoms with Gasteiger partial charge in [0.25, 0.3) is 0 Å². The molecule has 1 saturated carbocycles. The van der Waals surface area contributed by atoms with Crippen LogP contribution in [0.5, 0.6) is 0 Å². The maximum Gasteiger partial charge on any atom is 0.177 e. The summed E-state index contributed by atoms with van der Waals surface area (Å²) >= 11 is 0. The summed E-state index contributed by atoms with van der Waals surface area (Å²) in [5.41, 5.74) is 1.86. The molecule has 0 aromatic carbocycles. The number of carbonyl (C=O) groups excluding carboxylic acids is 1. The zero-order chi connectivity index (χ0) is 9.42. The van der Waals surface area contributed by atoms with Gasteiger partial charge in [0.15, 0.2) is 5.78 Å². The van der Waals surface area contributed by atoms with Gasteiger partial charge >= 0.3 is 0 Å². The molecule has 1 aromatic heterocycles. The second-order valence-corrected chi connectivity index (χ2v) is 3.60. The largest absolute Gasteiger partial charge is 0.293 e. The van der Waals surface area contributed by atoms with Crippen molar-refractivity contribution < 1.29 is 4.79 Å². The Kier molecular flexibility index (Phi) is 1.94. The minimum absolute atomic E-state index is 0.112. The van der Waals surface area contributed by atoms with Crippen LogP contribution < -0.4 is 0 Å². The van der Waals surface area contributed by atoms with E-state index in [9.17, 15) is 4.79 Å². The highest BCUT2D eigenvalue weighted by Gasteiger charge is 2.27. The molecule has 0 atom stereocenters. The second-order valence-electron chi connectivity index (χ2n) is 3.60. The third-order valence-corrected chi connectivity index (χ3v) is 2.45. The minimum Gasteiger partial charge on any atom is -0.293 e. The van der Waals surface area contributed by atoms with Crippen LogP contribution >= 0.6 is 0 Å². The Hall–Kier alpha value is -1.12. The Balaban J connectivity index is 2.36. The first kappa shape index (κ1) is 8.48. The van der Waals surface area contributed by atoms with E-state index in [2.05, 4.69) is 5.10 Å². The molecule has 1 aliphatic rings. The van der Waals surface area contributed by atoms with Gasteiger partial charge in [0, 0.05) is 19.4 Å². The molecule has 1 aliphatic carbocycles. The summed E-state index contributed by atoms with van der Waals surface area (Å²) in [5, 5.41) is 4.41. The Morgan fingerprint density at radius 2 is 2.38 bits per heavy atom. The Morgan fingerprint density at radius 1 is 1.69 bits per heavy atom. The molecule has 0 aliphatic heterocycles. The van der Waals surface area contributed by atoms with E-state index in [4.69, 9.17) is 0 Å². The summed E-state index contributed by atoms with van der Waals surface area (Å²) < 4.78 is 1.80. The third kappa shape index (κ3) is 1.50. The first-order chi connectivity index (χ1) is 6.22. The van der Waals surface area contributed by atoms with Gasteiger partial charge in [-0.25, -0.2) is 0 Å². The number of Topliss-reactive ketones (excluding diaryl/α,β-unsaturated/α-hetero) is 1. The molecule has 3 nitrogen and oxygen atoms in total. The lowest BCUT2D eigenvalue weighted by Crippen LogP contribution is -2.06. The molecular weight excluding hydrogens is 164 g/mol. The van der Waals surface area contributed by atoms with Gasteiger partial charge in [-0.15, -0.1) is 0 Å². The first-order valence-corrected chi connectivity index (χ1v) is 4.81. The minimum atomic E-state index is 0.112. The molecule has 70 valence electrons. The van der Waals surface area contributed by atoms with Crippen molar-refractivity contribution in [1.82, 2.24) is 9.78 Å². The maximum absolute atomic E-state index is 11.2. The van der Waals surface area contributed by atoms with Crippen molar-refractivity contribution in [2.75, 3.05) is 0 Å². The number of nitrogens with zero attached hydrogens (tertiary/aromatic N) is 2. The quantitative estimate of drug-likeness (QED) is 0.663. The molecule has 1 fully saturated rings. The molecule has 0 amide bonds. The average Bonchev–Trinajstić information content (AvgIpc) is 2.84. The van der Waals surface area contributed by atoms with Crippen molar-refractivity contribution in [3.8, 4) is 0 Å². The summed E-state index contributed by atoms with van der Waals surface area (Å²) in [6.45, 7) is 4.39. The number of hydrogen-bond donors (Lipinski definition) is 0. The summed E-state index contributed by atoms with van der Waals surface area (Å²) in [6.07, 6.45) is 2.47. The number of aromatic nitrogens is 2. The number of carbonyl (C=O) groups is 1. The van der Waals surface area contributed by atoms with Crippen LogP contribution in [0.25, 0.3) is 0 Å². The summed E-state index contributed by atoms with van der Waals surface area (Å²) in [6, 6.07) is 1.95. The van der Waals surface area contributed by atoms with Crippen LogP contribution in [0.1, 0.15) is 48.8 Å². The maximum atomic E-state index is 11.2. The van der Waals surface area contributed by atoms with Gasteiger partial charge in [-0.2, -0.15) is 5.10 Å². The normalized spacial score (nSPS) is 16.2. The van der Waals surface area contributed by atoms with Crippen molar-refractivity contribution >= 4 is 5.78 Å². The fraction of sp³-hybridized carbons (Fsp3) is 0.600. The van der Waals surface area contributed by atoms with Gasteiger partial charge in [-0.3, -0.25) is 9.48 Å². The van der Waals surface area contributed by atoms with E-state index >= 15 is 0 Å². The highest BCUT2D eigenvalue weighted by Crippen LogP contribution is 2.39.